The first-order chi connectivity index (χ1) is 9.74. The summed E-state index contributed by atoms with van der Waals surface area (Å²) in [5.41, 5.74) is 7.19. The van der Waals surface area contributed by atoms with Crippen LogP contribution in [0.15, 0.2) is 47.0 Å². The standard InChI is InChI=1S/C13H14N4O2S/c1-19-11-6-9(2-3-10(11)13(14)17-18)8-20-12-7-15-4-5-16-12/h2-7,18H,8H2,1H3,(H2,14,17). The molecule has 20 heavy (non-hydrogen) atoms. The molecule has 6 nitrogen and oxygen atoms in total. The topological polar surface area (TPSA) is 93.6 Å². The van der Waals surface area contributed by atoms with Crippen LogP contribution >= 0.6 is 11.8 Å². The van der Waals surface area contributed by atoms with Gasteiger partial charge in [0.2, 0.25) is 0 Å². The molecule has 0 atom stereocenters. The van der Waals surface area contributed by atoms with E-state index in [0.29, 0.717) is 11.3 Å². The predicted octanol–water partition coefficient (Wildman–Crippen LogP) is 1.87. The van der Waals surface area contributed by atoms with Crippen LogP contribution in [0.4, 0.5) is 0 Å². The number of nitrogens with two attached hydrogens (primary N) is 1. The summed E-state index contributed by atoms with van der Waals surface area (Å²) >= 11 is 1.57. The van der Waals surface area contributed by atoms with E-state index in [1.54, 1.807) is 43.5 Å². The second kappa shape index (κ2) is 6.76. The number of methoxy groups -OCH3 is 1. The molecule has 1 aromatic carbocycles. The molecule has 0 aliphatic rings. The molecular weight excluding hydrogens is 276 g/mol. The summed E-state index contributed by atoms with van der Waals surface area (Å²) in [6.45, 7) is 0. The number of oxime groups is 1. The van der Waals surface area contributed by atoms with Crippen LogP contribution in [-0.4, -0.2) is 28.1 Å². The summed E-state index contributed by atoms with van der Waals surface area (Å²) in [4.78, 5) is 8.20. The molecule has 0 bridgehead atoms. The van der Waals surface area contributed by atoms with Crippen LogP contribution in [0.3, 0.4) is 0 Å². The van der Waals surface area contributed by atoms with Crippen molar-refractivity contribution in [2.24, 2.45) is 10.9 Å². The molecule has 0 unspecified atom stereocenters. The minimum absolute atomic E-state index is 0.0231. The third kappa shape index (κ3) is 3.39. The molecule has 3 N–H and O–H groups in total. The molecule has 0 radical (unpaired) electrons. The maximum atomic E-state index is 8.72. The van der Waals surface area contributed by atoms with Crippen molar-refractivity contribution in [1.29, 1.82) is 0 Å². The summed E-state index contributed by atoms with van der Waals surface area (Å²) in [5, 5.41) is 12.6. The Balaban J connectivity index is 2.14. The highest BCUT2D eigenvalue weighted by atomic mass is 32.2. The van der Waals surface area contributed by atoms with E-state index in [0.717, 1.165) is 16.3 Å². The molecule has 1 aromatic heterocycles. The Morgan fingerprint density at radius 3 is 2.95 bits per heavy atom. The fourth-order valence-electron chi connectivity index (χ4n) is 1.61. The minimum Gasteiger partial charge on any atom is -0.496 e. The van der Waals surface area contributed by atoms with Gasteiger partial charge in [-0.05, 0) is 17.7 Å². The van der Waals surface area contributed by atoms with Gasteiger partial charge in [-0.15, -0.1) is 11.8 Å². The molecule has 1 heterocycles. The van der Waals surface area contributed by atoms with Crippen molar-refractivity contribution in [3.8, 4) is 5.75 Å². The Labute approximate surface area is 120 Å². The van der Waals surface area contributed by atoms with Crippen molar-refractivity contribution in [3.63, 3.8) is 0 Å². The van der Waals surface area contributed by atoms with E-state index >= 15 is 0 Å². The smallest absolute Gasteiger partial charge is 0.173 e. The fourth-order valence-corrected chi connectivity index (χ4v) is 2.37. The van der Waals surface area contributed by atoms with E-state index in [-0.39, 0.29) is 5.84 Å². The van der Waals surface area contributed by atoms with E-state index in [9.17, 15) is 0 Å². The van der Waals surface area contributed by atoms with Crippen LogP contribution in [0, 0.1) is 0 Å². The van der Waals surface area contributed by atoms with Gasteiger partial charge in [-0.1, -0.05) is 11.2 Å². The lowest BCUT2D eigenvalue weighted by molar-refractivity contribution is 0.318. The zero-order chi connectivity index (χ0) is 14.4. The lowest BCUT2D eigenvalue weighted by Crippen LogP contribution is -2.14. The molecule has 0 amide bonds. The molecule has 2 rings (SSSR count). The highest BCUT2D eigenvalue weighted by molar-refractivity contribution is 7.98. The number of ether oxygens (including phenoxy) is 1. The SMILES string of the molecule is COc1cc(CSc2cnccn2)ccc1/C(N)=N/O. The van der Waals surface area contributed by atoms with Crippen molar-refractivity contribution in [3.05, 3.63) is 47.9 Å². The molecule has 2 aromatic rings. The van der Waals surface area contributed by atoms with Crippen LogP contribution in [0.1, 0.15) is 11.1 Å². The molecule has 104 valence electrons. The van der Waals surface area contributed by atoms with Gasteiger partial charge in [0.05, 0.1) is 18.9 Å². The lowest BCUT2D eigenvalue weighted by atomic mass is 10.1. The average Bonchev–Trinajstić information content (AvgIpc) is 2.52. The van der Waals surface area contributed by atoms with E-state index in [2.05, 4.69) is 15.1 Å². The second-order valence-electron chi connectivity index (χ2n) is 3.85. The van der Waals surface area contributed by atoms with Crippen LogP contribution in [0.2, 0.25) is 0 Å². The van der Waals surface area contributed by atoms with Gasteiger partial charge in [0.25, 0.3) is 0 Å². The second-order valence-corrected chi connectivity index (χ2v) is 4.85. The molecule has 0 spiro atoms. The van der Waals surface area contributed by atoms with Crippen LogP contribution < -0.4 is 10.5 Å². The monoisotopic (exact) mass is 290 g/mol. The minimum atomic E-state index is 0.0231. The van der Waals surface area contributed by atoms with Crippen molar-refractivity contribution in [2.75, 3.05) is 7.11 Å². The van der Waals surface area contributed by atoms with Crippen LogP contribution in [-0.2, 0) is 5.75 Å². The van der Waals surface area contributed by atoms with Crippen LogP contribution in [0.25, 0.3) is 0 Å². The summed E-state index contributed by atoms with van der Waals surface area (Å²) in [6.07, 6.45) is 5.01. The van der Waals surface area contributed by atoms with E-state index in [1.807, 2.05) is 12.1 Å². The van der Waals surface area contributed by atoms with Crippen molar-refractivity contribution in [2.45, 2.75) is 10.8 Å². The molecule has 0 aliphatic carbocycles. The summed E-state index contributed by atoms with van der Waals surface area (Å²) < 4.78 is 5.25. The number of rotatable bonds is 5. The third-order valence-corrected chi connectivity index (χ3v) is 3.56. The van der Waals surface area contributed by atoms with E-state index in [1.165, 1.54) is 0 Å². The van der Waals surface area contributed by atoms with Crippen molar-refractivity contribution < 1.29 is 9.94 Å². The largest absolute Gasteiger partial charge is 0.496 e. The zero-order valence-corrected chi connectivity index (χ0v) is 11.7. The van der Waals surface area contributed by atoms with Gasteiger partial charge in [-0.2, -0.15) is 0 Å². The Bertz CT molecular complexity index is 605. The number of aromatic nitrogens is 2. The average molecular weight is 290 g/mol. The lowest BCUT2D eigenvalue weighted by Gasteiger charge is -2.09. The molecular formula is C13H14N4O2S. The molecule has 0 saturated carbocycles. The van der Waals surface area contributed by atoms with Gasteiger partial charge in [0.15, 0.2) is 5.84 Å². The van der Waals surface area contributed by atoms with Gasteiger partial charge < -0.3 is 15.7 Å². The number of hydrogen-bond acceptors (Lipinski definition) is 6. The highest BCUT2D eigenvalue weighted by Gasteiger charge is 2.09. The number of amidine groups is 1. The highest BCUT2D eigenvalue weighted by Crippen LogP contribution is 2.25. The Morgan fingerprint density at radius 1 is 1.45 bits per heavy atom. The van der Waals surface area contributed by atoms with Gasteiger partial charge in [-0.25, -0.2) is 4.98 Å². The van der Waals surface area contributed by atoms with Gasteiger partial charge in [0.1, 0.15) is 10.8 Å². The molecule has 7 heteroatoms. The van der Waals surface area contributed by atoms with Crippen molar-refractivity contribution in [1.82, 2.24) is 9.97 Å². The number of nitrogens with zero attached hydrogens (tertiary/aromatic N) is 3. The van der Waals surface area contributed by atoms with Gasteiger partial charge >= 0.3 is 0 Å². The molecule has 0 aliphatic heterocycles. The zero-order valence-electron chi connectivity index (χ0n) is 10.9. The predicted molar refractivity (Wildman–Crippen MR) is 77.1 cm³/mol. The summed E-state index contributed by atoms with van der Waals surface area (Å²) in [5.74, 6) is 1.32. The fraction of sp³-hybridized carbons (Fsp3) is 0.154. The Hall–Kier alpha value is -2.28. The van der Waals surface area contributed by atoms with Gasteiger partial charge in [0, 0.05) is 18.1 Å². The van der Waals surface area contributed by atoms with E-state index < -0.39 is 0 Å². The van der Waals surface area contributed by atoms with Gasteiger partial charge in [-0.3, -0.25) is 4.98 Å². The van der Waals surface area contributed by atoms with Crippen LogP contribution in [0.5, 0.6) is 5.75 Å². The number of hydrogen-bond donors (Lipinski definition) is 2. The Morgan fingerprint density at radius 2 is 2.30 bits per heavy atom. The maximum Gasteiger partial charge on any atom is 0.173 e. The first-order valence-electron chi connectivity index (χ1n) is 5.78. The number of benzene rings is 1. The normalized spacial score (nSPS) is 11.3. The third-order valence-electron chi connectivity index (χ3n) is 2.58. The molecule has 0 fully saturated rings. The van der Waals surface area contributed by atoms with E-state index in [4.69, 9.17) is 15.7 Å². The number of thioether (sulfide) groups is 1. The molecule has 0 saturated heterocycles. The Kier molecular flexibility index (Phi) is 4.78. The summed E-state index contributed by atoms with van der Waals surface area (Å²) in [6, 6.07) is 5.52. The van der Waals surface area contributed by atoms with Crippen molar-refractivity contribution >= 4 is 17.6 Å². The maximum absolute atomic E-state index is 8.72. The summed E-state index contributed by atoms with van der Waals surface area (Å²) in [7, 11) is 1.54. The quantitative estimate of drug-likeness (QED) is 0.287. The first kappa shape index (κ1) is 14.1. The first-order valence-corrected chi connectivity index (χ1v) is 6.76.